The first-order valence-electron chi connectivity index (χ1n) is 6.61. The second kappa shape index (κ2) is 6.98. The molecule has 7 heteroatoms. The van der Waals surface area contributed by atoms with Crippen molar-refractivity contribution in [3.05, 3.63) is 29.6 Å². The third-order valence-corrected chi connectivity index (χ3v) is 5.25. The molecule has 1 atom stereocenters. The molecule has 0 amide bonds. The third-order valence-electron chi connectivity index (χ3n) is 3.40. The summed E-state index contributed by atoms with van der Waals surface area (Å²) in [4.78, 5) is -0.0962. The van der Waals surface area contributed by atoms with Gasteiger partial charge in [-0.25, -0.2) is 17.1 Å². The minimum atomic E-state index is -3.75. The van der Waals surface area contributed by atoms with E-state index in [0.717, 1.165) is 18.2 Å². The molecule has 21 heavy (non-hydrogen) atoms. The Kier molecular flexibility index (Phi) is 5.84. The van der Waals surface area contributed by atoms with E-state index in [1.54, 1.807) is 6.07 Å². The van der Waals surface area contributed by atoms with Gasteiger partial charge in [-0.05, 0) is 30.5 Å². The fraction of sp³-hybridized carbons (Fsp3) is 0.500. The molecule has 2 N–H and O–H groups in total. The van der Waals surface area contributed by atoms with E-state index in [2.05, 4.69) is 0 Å². The van der Waals surface area contributed by atoms with Crippen LogP contribution in [0, 0.1) is 23.1 Å². The fourth-order valence-electron chi connectivity index (χ4n) is 1.71. The highest BCUT2D eigenvalue weighted by atomic mass is 32.2. The normalized spacial score (nSPS) is 13.4. The van der Waals surface area contributed by atoms with E-state index in [1.165, 1.54) is 11.4 Å². The summed E-state index contributed by atoms with van der Waals surface area (Å²) in [6.45, 7) is 4.21. The Bertz CT molecular complexity index is 638. The van der Waals surface area contributed by atoms with Crippen molar-refractivity contribution in [1.29, 1.82) is 5.26 Å². The molecule has 0 heterocycles. The fourth-order valence-corrected chi connectivity index (χ4v) is 2.93. The maximum Gasteiger partial charge on any atom is 0.242 e. The van der Waals surface area contributed by atoms with E-state index >= 15 is 0 Å². The van der Waals surface area contributed by atoms with Crippen molar-refractivity contribution >= 4 is 10.0 Å². The number of nitrogens with two attached hydrogens (primary N) is 1. The van der Waals surface area contributed by atoms with Gasteiger partial charge in [-0.3, -0.25) is 0 Å². The van der Waals surface area contributed by atoms with Gasteiger partial charge < -0.3 is 5.73 Å². The van der Waals surface area contributed by atoms with Crippen LogP contribution >= 0.6 is 0 Å². The van der Waals surface area contributed by atoms with E-state index in [9.17, 15) is 12.8 Å². The van der Waals surface area contributed by atoms with Crippen molar-refractivity contribution in [2.75, 3.05) is 13.6 Å². The van der Waals surface area contributed by atoms with Crippen molar-refractivity contribution in [3.63, 3.8) is 0 Å². The van der Waals surface area contributed by atoms with Gasteiger partial charge >= 0.3 is 0 Å². The van der Waals surface area contributed by atoms with Crippen molar-refractivity contribution < 1.29 is 12.8 Å². The minimum Gasteiger partial charge on any atom is -0.327 e. The van der Waals surface area contributed by atoms with Crippen LogP contribution in [0.15, 0.2) is 23.1 Å². The lowest BCUT2D eigenvalue weighted by Gasteiger charge is -2.21. The van der Waals surface area contributed by atoms with Crippen LogP contribution in [0.4, 0.5) is 4.39 Å². The zero-order chi connectivity index (χ0) is 16.2. The minimum absolute atomic E-state index is 0.0921. The highest BCUT2D eigenvalue weighted by Crippen LogP contribution is 2.18. The number of sulfonamides is 1. The highest BCUT2D eigenvalue weighted by Gasteiger charge is 2.22. The zero-order valence-corrected chi connectivity index (χ0v) is 13.2. The first kappa shape index (κ1) is 17.6. The number of halogens is 1. The summed E-state index contributed by atoms with van der Waals surface area (Å²) in [7, 11) is -2.31. The molecule has 0 spiro atoms. The average Bonchev–Trinajstić information content (AvgIpc) is 2.44. The van der Waals surface area contributed by atoms with Crippen LogP contribution in [-0.2, 0) is 10.0 Å². The van der Waals surface area contributed by atoms with Crippen molar-refractivity contribution in [3.8, 4) is 6.07 Å². The summed E-state index contributed by atoms with van der Waals surface area (Å²) in [5, 5.41) is 8.77. The second-order valence-electron chi connectivity index (χ2n) is 5.28. The van der Waals surface area contributed by atoms with Gasteiger partial charge in [-0.1, -0.05) is 13.8 Å². The summed E-state index contributed by atoms with van der Waals surface area (Å²) < 4.78 is 39.1. The molecule has 0 aliphatic carbocycles. The molecule has 5 nitrogen and oxygen atoms in total. The molecule has 0 saturated heterocycles. The Morgan fingerprint density at radius 2 is 2.05 bits per heavy atom. The first-order valence-corrected chi connectivity index (χ1v) is 8.05. The van der Waals surface area contributed by atoms with Crippen LogP contribution in [0.25, 0.3) is 0 Å². The molecule has 0 saturated carbocycles. The van der Waals surface area contributed by atoms with Gasteiger partial charge in [-0.2, -0.15) is 5.26 Å². The Balaban J connectivity index is 2.93. The molecule has 0 fully saturated rings. The van der Waals surface area contributed by atoms with E-state index in [0.29, 0.717) is 6.42 Å². The molecule has 1 rings (SSSR count). The van der Waals surface area contributed by atoms with Crippen LogP contribution in [-0.4, -0.2) is 32.4 Å². The Morgan fingerprint density at radius 3 is 2.57 bits per heavy atom. The predicted molar refractivity (Wildman–Crippen MR) is 78.4 cm³/mol. The SMILES string of the molecule is CC(C)C(N)CCN(C)S(=O)(=O)c1ccc(F)c(C#N)c1. The van der Waals surface area contributed by atoms with Gasteiger partial charge in [0.2, 0.25) is 10.0 Å². The van der Waals surface area contributed by atoms with Crippen molar-refractivity contribution in [2.24, 2.45) is 11.7 Å². The van der Waals surface area contributed by atoms with E-state index in [4.69, 9.17) is 11.0 Å². The number of benzene rings is 1. The number of nitrogens with zero attached hydrogens (tertiary/aromatic N) is 2. The van der Waals surface area contributed by atoms with Gasteiger partial charge in [0.05, 0.1) is 10.5 Å². The second-order valence-corrected chi connectivity index (χ2v) is 7.32. The standard InChI is InChI=1S/C14H20FN3O2S/c1-10(2)14(17)6-7-18(3)21(19,20)12-4-5-13(15)11(8-12)9-16/h4-5,8,10,14H,6-7,17H2,1-3H3. The maximum absolute atomic E-state index is 13.3. The van der Waals surface area contributed by atoms with Gasteiger partial charge in [0.1, 0.15) is 11.9 Å². The van der Waals surface area contributed by atoms with E-state index in [1.807, 2.05) is 13.8 Å². The van der Waals surface area contributed by atoms with Gasteiger partial charge in [-0.15, -0.1) is 0 Å². The monoisotopic (exact) mass is 313 g/mol. The molecule has 116 valence electrons. The van der Waals surface area contributed by atoms with Crippen molar-refractivity contribution in [2.45, 2.75) is 31.2 Å². The first-order chi connectivity index (χ1) is 9.70. The summed E-state index contributed by atoms with van der Waals surface area (Å²) in [5.74, 6) is -0.474. The van der Waals surface area contributed by atoms with Gasteiger partial charge in [0.25, 0.3) is 0 Å². The Labute approximate surface area is 125 Å². The quantitative estimate of drug-likeness (QED) is 0.865. The lowest BCUT2D eigenvalue weighted by molar-refractivity contribution is 0.397. The molecule has 1 unspecified atom stereocenters. The summed E-state index contributed by atoms with van der Waals surface area (Å²) in [6, 6.07) is 4.73. The van der Waals surface area contributed by atoms with Gasteiger partial charge in [0.15, 0.2) is 0 Å². The van der Waals surface area contributed by atoms with Crippen LogP contribution in [0.2, 0.25) is 0 Å². The topological polar surface area (TPSA) is 87.2 Å². The van der Waals surface area contributed by atoms with E-state index < -0.39 is 15.8 Å². The predicted octanol–water partition coefficient (Wildman–Crippen LogP) is 1.69. The molecule has 0 radical (unpaired) electrons. The average molecular weight is 313 g/mol. The summed E-state index contributed by atoms with van der Waals surface area (Å²) >= 11 is 0. The zero-order valence-electron chi connectivity index (χ0n) is 12.4. The van der Waals surface area contributed by atoms with Crippen molar-refractivity contribution in [1.82, 2.24) is 4.31 Å². The molecule has 0 aliphatic heterocycles. The third kappa shape index (κ3) is 4.24. The molecule has 0 bridgehead atoms. The highest BCUT2D eigenvalue weighted by molar-refractivity contribution is 7.89. The number of rotatable bonds is 6. The van der Waals surface area contributed by atoms with Gasteiger partial charge in [0, 0.05) is 19.6 Å². The summed E-state index contributed by atoms with van der Waals surface area (Å²) in [6.07, 6.45) is 0.527. The maximum atomic E-state index is 13.3. The molecular formula is C14H20FN3O2S. The van der Waals surface area contributed by atoms with E-state index in [-0.39, 0.29) is 29.0 Å². The molecular weight excluding hydrogens is 293 g/mol. The molecule has 1 aromatic carbocycles. The van der Waals surface area contributed by atoms with Crippen LogP contribution in [0.5, 0.6) is 0 Å². The lowest BCUT2D eigenvalue weighted by atomic mass is 10.0. The largest absolute Gasteiger partial charge is 0.327 e. The molecule has 0 aromatic heterocycles. The Hall–Kier alpha value is -1.49. The number of nitriles is 1. The Morgan fingerprint density at radius 1 is 1.43 bits per heavy atom. The lowest BCUT2D eigenvalue weighted by Crippen LogP contribution is -2.34. The number of hydrogen-bond acceptors (Lipinski definition) is 4. The number of hydrogen-bond donors (Lipinski definition) is 1. The van der Waals surface area contributed by atoms with Crippen LogP contribution < -0.4 is 5.73 Å². The van der Waals surface area contributed by atoms with Crippen LogP contribution in [0.3, 0.4) is 0 Å². The molecule has 1 aromatic rings. The summed E-state index contributed by atoms with van der Waals surface area (Å²) in [5.41, 5.74) is 5.61. The molecule has 0 aliphatic rings. The smallest absolute Gasteiger partial charge is 0.242 e. The van der Waals surface area contributed by atoms with Crippen LogP contribution in [0.1, 0.15) is 25.8 Å².